The summed E-state index contributed by atoms with van der Waals surface area (Å²) in [6, 6.07) is -0.228. The van der Waals surface area contributed by atoms with Gasteiger partial charge in [0, 0.05) is 31.7 Å². The average Bonchev–Trinajstić information content (AvgIpc) is 2.62. The second kappa shape index (κ2) is 9.34. The van der Waals surface area contributed by atoms with Crippen LogP contribution in [0.1, 0.15) is 39.0 Å². The SMILES string of the molecule is C[C@H]1OCCN[C@@H]1C(=O)NCC1(N2CCOCC2)CCCCC1.Cl. The first kappa shape index (κ1) is 19.9. The standard InChI is InChI=1S/C17H31N3O3.ClH/c1-14-15(18-7-10-23-14)16(21)19-13-17(5-3-2-4-6-17)20-8-11-22-12-9-20;/h14-15,18H,2-13H2,1H3,(H,19,21);1H/t14-,15+;/m1./s1. The summed E-state index contributed by atoms with van der Waals surface area (Å²) in [6.45, 7) is 7.73. The number of hydrogen-bond donors (Lipinski definition) is 2. The first-order chi connectivity index (χ1) is 11.2. The topological polar surface area (TPSA) is 62.8 Å². The van der Waals surface area contributed by atoms with Gasteiger partial charge in [-0.2, -0.15) is 0 Å². The Balaban J connectivity index is 0.00000208. The predicted octanol–water partition coefficient (Wildman–Crippen LogP) is 0.936. The maximum Gasteiger partial charge on any atom is 0.239 e. The van der Waals surface area contributed by atoms with Gasteiger partial charge in [0.15, 0.2) is 0 Å². The highest BCUT2D eigenvalue weighted by atomic mass is 35.5. The van der Waals surface area contributed by atoms with Crippen molar-refractivity contribution in [3.8, 4) is 0 Å². The second-order valence-corrected chi connectivity index (χ2v) is 7.11. The summed E-state index contributed by atoms with van der Waals surface area (Å²) in [7, 11) is 0. The maximum absolute atomic E-state index is 12.6. The minimum Gasteiger partial charge on any atom is -0.379 e. The van der Waals surface area contributed by atoms with Gasteiger partial charge in [-0.15, -0.1) is 12.4 Å². The lowest BCUT2D eigenvalue weighted by atomic mass is 9.79. The molecule has 3 rings (SSSR count). The molecule has 0 unspecified atom stereocenters. The Bertz CT molecular complexity index is 399. The van der Waals surface area contributed by atoms with Crippen molar-refractivity contribution in [2.75, 3.05) is 46.0 Å². The molecule has 0 aromatic heterocycles. The molecule has 1 saturated carbocycles. The molecule has 2 N–H and O–H groups in total. The van der Waals surface area contributed by atoms with Crippen LogP contribution in [-0.4, -0.2) is 74.5 Å². The van der Waals surface area contributed by atoms with E-state index in [1.54, 1.807) is 0 Å². The van der Waals surface area contributed by atoms with Crippen LogP contribution in [0.5, 0.6) is 0 Å². The fourth-order valence-corrected chi connectivity index (χ4v) is 4.24. The van der Waals surface area contributed by atoms with Gasteiger partial charge in [0.05, 0.1) is 25.9 Å². The number of hydrogen-bond acceptors (Lipinski definition) is 5. The van der Waals surface area contributed by atoms with E-state index >= 15 is 0 Å². The van der Waals surface area contributed by atoms with Crippen molar-refractivity contribution in [1.29, 1.82) is 0 Å². The monoisotopic (exact) mass is 361 g/mol. The van der Waals surface area contributed by atoms with Crippen LogP contribution >= 0.6 is 12.4 Å². The summed E-state index contributed by atoms with van der Waals surface area (Å²) in [6.07, 6.45) is 6.13. The smallest absolute Gasteiger partial charge is 0.239 e. The summed E-state index contributed by atoms with van der Waals surface area (Å²) in [4.78, 5) is 15.1. The number of nitrogens with zero attached hydrogens (tertiary/aromatic N) is 1. The second-order valence-electron chi connectivity index (χ2n) is 7.11. The summed E-state index contributed by atoms with van der Waals surface area (Å²) in [5.41, 5.74) is 0.121. The van der Waals surface area contributed by atoms with Crippen LogP contribution in [0.2, 0.25) is 0 Å². The zero-order chi connectivity index (χ0) is 16.1. The molecule has 3 fully saturated rings. The molecule has 0 spiro atoms. The Hall–Kier alpha value is -0.400. The van der Waals surface area contributed by atoms with Gasteiger partial charge in [0.25, 0.3) is 0 Å². The average molecular weight is 362 g/mol. The third kappa shape index (κ3) is 4.61. The minimum absolute atomic E-state index is 0. The number of nitrogens with one attached hydrogen (secondary N) is 2. The van der Waals surface area contributed by atoms with Crippen molar-refractivity contribution in [2.24, 2.45) is 0 Å². The Morgan fingerprint density at radius 2 is 1.92 bits per heavy atom. The van der Waals surface area contributed by atoms with Crippen LogP contribution in [0.4, 0.5) is 0 Å². The molecule has 0 aromatic rings. The number of ether oxygens (including phenoxy) is 2. The number of halogens is 1. The maximum atomic E-state index is 12.6. The molecule has 2 saturated heterocycles. The molecule has 2 heterocycles. The van der Waals surface area contributed by atoms with Crippen molar-refractivity contribution in [1.82, 2.24) is 15.5 Å². The largest absolute Gasteiger partial charge is 0.379 e. The van der Waals surface area contributed by atoms with E-state index in [-0.39, 0.29) is 36.0 Å². The van der Waals surface area contributed by atoms with E-state index in [1.165, 1.54) is 32.1 Å². The molecule has 24 heavy (non-hydrogen) atoms. The highest BCUT2D eigenvalue weighted by Gasteiger charge is 2.39. The quantitative estimate of drug-likeness (QED) is 0.780. The van der Waals surface area contributed by atoms with Crippen molar-refractivity contribution in [2.45, 2.75) is 56.7 Å². The molecule has 140 valence electrons. The summed E-state index contributed by atoms with van der Waals surface area (Å²) >= 11 is 0. The Morgan fingerprint density at radius 3 is 2.58 bits per heavy atom. The molecule has 1 amide bonds. The Labute approximate surface area is 151 Å². The lowest BCUT2D eigenvalue weighted by Gasteiger charge is -2.48. The predicted molar refractivity (Wildman–Crippen MR) is 95.7 cm³/mol. The highest BCUT2D eigenvalue weighted by molar-refractivity contribution is 5.85. The molecule has 7 heteroatoms. The van der Waals surface area contributed by atoms with E-state index in [4.69, 9.17) is 9.47 Å². The molecule has 0 aromatic carbocycles. The lowest BCUT2D eigenvalue weighted by Crippen LogP contribution is -2.62. The van der Waals surface area contributed by atoms with Gasteiger partial charge in [-0.3, -0.25) is 9.69 Å². The van der Waals surface area contributed by atoms with Gasteiger partial charge in [-0.05, 0) is 19.8 Å². The zero-order valence-corrected chi connectivity index (χ0v) is 15.5. The van der Waals surface area contributed by atoms with Crippen LogP contribution in [0.15, 0.2) is 0 Å². The van der Waals surface area contributed by atoms with Crippen molar-refractivity contribution >= 4 is 18.3 Å². The Morgan fingerprint density at radius 1 is 1.21 bits per heavy atom. The van der Waals surface area contributed by atoms with Crippen molar-refractivity contribution in [3.05, 3.63) is 0 Å². The van der Waals surface area contributed by atoms with Gasteiger partial charge in [0.1, 0.15) is 6.04 Å². The first-order valence-corrected chi connectivity index (χ1v) is 9.17. The zero-order valence-electron chi connectivity index (χ0n) is 14.7. The molecular weight excluding hydrogens is 330 g/mol. The van der Waals surface area contributed by atoms with E-state index in [1.807, 2.05) is 6.92 Å². The number of carbonyl (C=O) groups is 1. The molecule has 0 bridgehead atoms. The number of morpholine rings is 2. The van der Waals surface area contributed by atoms with E-state index in [2.05, 4.69) is 15.5 Å². The Kier molecular flexibility index (Phi) is 7.75. The van der Waals surface area contributed by atoms with E-state index < -0.39 is 0 Å². The van der Waals surface area contributed by atoms with Gasteiger partial charge in [-0.25, -0.2) is 0 Å². The lowest BCUT2D eigenvalue weighted by molar-refractivity contribution is -0.130. The molecule has 3 aliphatic rings. The normalized spacial score (nSPS) is 31.0. The summed E-state index contributed by atoms with van der Waals surface area (Å²) in [5, 5.41) is 6.50. The molecule has 2 aliphatic heterocycles. The third-order valence-electron chi connectivity index (χ3n) is 5.66. The summed E-state index contributed by atoms with van der Waals surface area (Å²) in [5.74, 6) is 0.0791. The first-order valence-electron chi connectivity index (χ1n) is 9.17. The van der Waals surface area contributed by atoms with Gasteiger partial charge in [0.2, 0.25) is 5.91 Å². The van der Waals surface area contributed by atoms with Crippen LogP contribution in [0, 0.1) is 0 Å². The number of amides is 1. The van der Waals surface area contributed by atoms with E-state index in [0.29, 0.717) is 6.61 Å². The molecule has 0 radical (unpaired) electrons. The molecule has 1 aliphatic carbocycles. The van der Waals surface area contributed by atoms with Crippen LogP contribution in [-0.2, 0) is 14.3 Å². The van der Waals surface area contributed by atoms with Gasteiger partial charge in [-0.1, -0.05) is 19.3 Å². The van der Waals surface area contributed by atoms with Gasteiger partial charge < -0.3 is 20.1 Å². The molecule has 2 atom stereocenters. The van der Waals surface area contributed by atoms with E-state index in [9.17, 15) is 4.79 Å². The van der Waals surface area contributed by atoms with E-state index in [0.717, 1.165) is 39.4 Å². The van der Waals surface area contributed by atoms with Crippen LogP contribution < -0.4 is 10.6 Å². The highest BCUT2D eigenvalue weighted by Crippen LogP contribution is 2.33. The summed E-state index contributed by atoms with van der Waals surface area (Å²) < 4.78 is 11.1. The van der Waals surface area contributed by atoms with Crippen LogP contribution in [0.3, 0.4) is 0 Å². The fourth-order valence-electron chi connectivity index (χ4n) is 4.24. The fraction of sp³-hybridized carbons (Fsp3) is 0.941. The molecule has 6 nitrogen and oxygen atoms in total. The minimum atomic E-state index is -0.228. The van der Waals surface area contributed by atoms with Gasteiger partial charge >= 0.3 is 0 Å². The third-order valence-corrected chi connectivity index (χ3v) is 5.66. The number of rotatable bonds is 4. The number of carbonyl (C=O) groups excluding carboxylic acids is 1. The van der Waals surface area contributed by atoms with Crippen molar-refractivity contribution in [3.63, 3.8) is 0 Å². The van der Waals surface area contributed by atoms with Crippen molar-refractivity contribution < 1.29 is 14.3 Å². The van der Waals surface area contributed by atoms with Crippen LogP contribution in [0.25, 0.3) is 0 Å². The molecular formula is C17H32ClN3O3.